The smallest absolute Gasteiger partial charge is 0.272 e. The van der Waals surface area contributed by atoms with Crippen molar-refractivity contribution < 1.29 is 14.5 Å². The molecule has 2 unspecified atom stereocenters. The van der Waals surface area contributed by atoms with Crippen molar-refractivity contribution in [2.45, 2.75) is 31.3 Å². The van der Waals surface area contributed by atoms with E-state index in [0.29, 0.717) is 12.0 Å². The Labute approximate surface area is 163 Å². The molecule has 0 radical (unpaired) electrons. The Kier molecular flexibility index (Phi) is 5.18. The third-order valence-corrected chi connectivity index (χ3v) is 5.60. The maximum atomic E-state index is 13.2. The molecule has 1 aliphatic rings. The van der Waals surface area contributed by atoms with Gasteiger partial charge in [0.1, 0.15) is 11.6 Å². The molecule has 0 spiro atoms. The molecular weight excluding hydrogens is 358 g/mol. The molecule has 146 valence electrons. The van der Waals surface area contributed by atoms with E-state index < -0.39 is 16.5 Å². The highest BCUT2D eigenvalue weighted by molar-refractivity contribution is 5.99. The number of benzene rings is 2. The van der Waals surface area contributed by atoms with E-state index in [1.54, 1.807) is 39.2 Å². The second kappa shape index (κ2) is 7.42. The number of hydrogen-bond acceptors (Lipinski definition) is 4. The summed E-state index contributed by atoms with van der Waals surface area (Å²) in [6, 6.07) is 15.1. The van der Waals surface area contributed by atoms with Crippen LogP contribution in [0.5, 0.6) is 0 Å². The topological polar surface area (TPSA) is 83.8 Å². The van der Waals surface area contributed by atoms with Gasteiger partial charge in [0.05, 0.1) is 4.92 Å². The molecule has 28 heavy (non-hydrogen) atoms. The van der Waals surface area contributed by atoms with E-state index in [1.165, 1.54) is 15.9 Å². The highest BCUT2D eigenvalue weighted by Gasteiger charge is 2.50. The molecule has 2 aromatic rings. The predicted octanol–water partition coefficient (Wildman–Crippen LogP) is 2.44. The molecule has 1 aliphatic heterocycles. The number of rotatable bonds is 5. The van der Waals surface area contributed by atoms with Crippen molar-refractivity contribution in [2.24, 2.45) is 0 Å². The normalized spacial score (nSPS) is 22.5. The van der Waals surface area contributed by atoms with Crippen molar-refractivity contribution in [1.29, 1.82) is 0 Å². The summed E-state index contributed by atoms with van der Waals surface area (Å²) in [5.41, 5.74) is 0.345. The number of para-hydroxylation sites is 1. The Morgan fingerprint density at radius 1 is 1.04 bits per heavy atom. The maximum Gasteiger partial charge on any atom is 0.272 e. The number of hydrogen-bond donors (Lipinski definition) is 0. The fraction of sp³-hybridized carbons (Fsp3) is 0.333. The summed E-state index contributed by atoms with van der Waals surface area (Å²) < 4.78 is 0. The largest absolute Gasteiger partial charge is 0.331 e. The first kappa shape index (κ1) is 19.5. The lowest BCUT2D eigenvalue weighted by atomic mass is 9.85. The van der Waals surface area contributed by atoms with Crippen molar-refractivity contribution in [1.82, 2.24) is 9.80 Å². The van der Waals surface area contributed by atoms with Crippen LogP contribution in [-0.4, -0.2) is 52.2 Å². The first-order valence-electron chi connectivity index (χ1n) is 9.07. The Bertz CT molecular complexity index is 915. The molecule has 0 N–H and O–H groups in total. The van der Waals surface area contributed by atoms with E-state index in [-0.39, 0.29) is 23.9 Å². The first-order valence-corrected chi connectivity index (χ1v) is 9.07. The first-order chi connectivity index (χ1) is 13.3. The number of likely N-dealkylation sites (N-methyl/N-ethyl adjacent to an activating group) is 2. The van der Waals surface area contributed by atoms with Crippen LogP contribution in [0.25, 0.3) is 0 Å². The van der Waals surface area contributed by atoms with E-state index in [1.807, 2.05) is 30.3 Å². The second-order valence-corrected chi connectivity index (χ2v) is 7.36. The summed E-state index contributed by atoms with van der Waals surface area (Å²) >= 11 is 0. The van der Waals surface area contributed by atoms with Crippen LogP contribution in [0.15, 0.2) is 54.6 Å². The summed E-state index contributed by atoms with van der Waals surface area (Å²) in [4.78, 5) is 40.1. The van der Waals surface area contributed by atoms with Gasteiger partial charge in [0.25, 0.3) is 5.69 Å². The highest BCUT2D eigenvalue weighted by atomic mass is 16.6. The molecule has 3 rings (SSSR count). The zero-order chi connectivity index (χ0) is 20.5. The van der Waals surface area contributed by atoms with Crippen LogP contribution in [0.1, 0.15) is 18.1 Å². The van der Waals surface area contributed by atoms with Crippen LogP contribution in [-0.2, 0) is 22.4 Å². The van der Waals surface area contributed by atoms with Gasteiger partial charge in [-0.3, -0.25) is 19.7 Å². The molecule has 0 bridgehead atoms. The molecule has 1 heterocycles. The minimum Gasteiger partial charge on any atom is -0.331 e. The number of nitro benzene ring substituents is 1. The summed E-state index contributed by atoms with van der Waals surface area (Å²) in [5.74, 6) is -0.402. The van der Waals surface area contributed by atoms with Crippen LogP contribution in [0.4, 0.5) is 5.69 Å². The lowest BCUT2D eigenvalue weighted by molar-refractivity contribution is -0.385. The molecule has 1 fully saturated rings. The summed E-state index contributed by atoms with van der Waals surface area (Å²) in [6.07, 6.45) is 0.501. The van der Waals surface area contributed by atoms with E-state index in [9.17, 15) is 19.7 Å². The fourth-order valence-electron chi connectivity index (χ4n) is 3.78. The Hall–Kier alpha value is -3.22. The van der Waals surface area contributed by atoms with E-state index in [2.05, 4.69) is 0 Å². The molecule has 0 aromatic heterocycles. The van der Waals surface area contributed by atoms with Crippen molar-refractivity contribution >= 4 is 17.5 Å². The summed E-state index contributed by atoms with van der Waals surface area (Å²) in [6.45, 7) is 1.76. The fourth-order valence-corrected chi connectivity index (χ4v) is 3.78. The van der Waals surface area contributed by atoms with Crippen LogP contribution in [0.3, 0.4) is 0 Å². The number of carbonyl (C=O) groups excluding carboxylic acids is 2. The zero-order valence-electron chi connectivity index (χ0n) is 16.2. The van der Waals surface area contributed by atoms with E-state index in [4.69, 9.17) is 0 Å². The van der Waals surface area contributed by atoms with Gasteiger partial charge in [0.2, 0.25) is 11.8 Å². The highest BCUT2D eigenvalue weighted by Crippen LogP contribution is 2.31. The molecule has 7 nitrogen and oxygen atoms in total. The number of amides is 2. The van der Waals surface area contributed by atoms with Crippen LogP contribution >= 0.6 is 0 Å². The minimum absolute atomic E-state index is 0.0450. The van der Waals surface area contributed by atoms with Crippen molar-refractivity contribution in [3.63, 3.8) is 0 Å². The molecular formula is C21H23N3O4. The number of nitro groups is 1. The van der Waals surface area contributed by atoms with Gasteiger partial charge in [-0.15, -0.1) is 0 Å². The molecule has 2 amide bonds. The number of carbonyl (C=O) groups is 2. The number of nitrogens with zero attached hydrogens (tertiary/aromatic N) is 3. The van der Waals surface area contributed by atoms with Gasteiger partial charge in [-0.05, 0) is 12.5 Å². The van der Waals surface area contributed by atoms with Crippen molar-refractivity contribution in [3.05, 3.63) is 75.8 Å². The van der Waals surface area contributed by atoms with Crippen molar-refractivity contribution in [2.75, 3.05) is 14.1 Å². The summed E-state index contributed by atoms with van der Waals surface area (Å²) in [5, 5.41) is 11.3. The minimum atomic E-state index is -1.01. The SMILES string of the molecule is CN1C(=O)C(C)(Cc2ccccc2)N(C)C(=O)C1Cc1ccccc1[N+](=O)[O-]. The quantitative estimate of drug-likeness (QED) is 0.588. The molecule has 2 atom stereocenters. The lowest BCUT2D eigenvalue weighted by Gasteiger charge is -2.48. The average molecular weight is 381 g/mol. The molecule has 0 saturated carbocycles. The van der Waals surface area contributed by atoms with E-state index in [0.717, 1.165) is 5.56 Å². The van der Waals surface area contributed by atoms with Gasteiger partial charge in [0.15, 0.2) is 0 Å². The van der Waals surface area contributed by atoms with Gasteiger partial charge in [0, 0.05) is 38.6 Å². The molecule has 0 aliphatic carbocycles. The van der Waals surface area contributed by atoms with Gasteiger partial charge in [-0.1, -0.05) is 48.5 Å². The molecule has 2 aromatic carbocycles. The Balaban J connectivity index is 1.90. The van der Waals surface area contributed by atoms with Gasteiger partial charge < -0.3 is 9.80 Å². The van der Waals surface area contributed by atoms with Crippen LogP contribution in [0.2, 0.25) is 0 Å². The van der Waals surface area contributed by atoms with Crippen LogP contribution in [0, 0.1) is 10.1 Å². The summed E-state index contributed by atoms with van der Waals surface area (Å²) in [7, 11) is 3.22. The van der Waals surface area contributed by atoms with Gasteiger partial charge in [-0.2, -0.15) is 0 Å². The Morgan fingerprint density at radius 3 is 2.29 bits per heavy atom. The zero-order valence-corrected chi connectivity index (χ0v) is 16.2. The average Bonchev–Trinajstić information content (AvgIpc) is 2.69. The second-order valence-electron chi connectivity index (χ2n) is 7.36. The third kappa shape index (κ3) is 3.35. The predicted molar refractivity (Wildman–Crippen MR) is 105 cm³/mol. The monoisotopic (exact) mass is 381 g/mol. The van der Waals surface area contributed by atoms with Crippen LogP contribution < -0.4 is 0 Å². The Morgan fingerprint density at radius 2 is 1.64 bits per heavy atom. The lowest BCUT2D eigenvalue weighted by Crippen LogP contribution is -2.69. The number of piperazine rings is 1. The molecule has 1 saturated heterocycles. The van der Waals surface area contributed by atoms with Gasteiger partial charge >= 0.3 is 0 Å². The van der Waals surface area contributed by atoms with Crippen molar-refractivity contribution in [3.8, 4) is 0 Å². The maximum absolute atomic E-state index is 13.2. The third-order valence-electron chi connectivity index (χ3n) is 5.60. The van der Waals surface area contributed by atoms with E-state index >= 15 is 0 Å². The standard InChI is InChI=1S/C21H23N3O4/c1-21(14-15-9-5-4-6-10-15)20(26)22(2)18(19(25)23(21)3)13-16-11-7-8-12-17(16)24(27)28/h4-12,18H,13-14H2,1-3H3. The molecule has 7 heteroatoms. The van der Waals surface area contributed by atoms with Gasteiger partial charge in [-0.25, -0.2) is 0 Å².